The van der Waals surface area contributed by atoms with E-state index in [1.54, 1.807) is 12.1 Å². The lowest BCUT2D eigenvalue weighted by atomic mass is 10.2. The van der Waals surface area contributed by atoms with Crippen LogP contribution in [0.1, 0.15) is 10.4 Å². The number of hydrogen-bond acceptors (Lipinski definition) is 4. The standard InChI is InChI=1S/C14H11BrO3S/c1-18-14(17)9-2-7-13(12(16)8-9)19-11-5-3-10(15)4-6-11/h2-8,16H,1H3. The Morgan fingerprint density at radius 1 is 1.21 bits per heavy atom. The van der Waals surface area contributed by atoms with Crippen LogP contribution in [0.25, 0.3) is 0 Å². The van der Waals surface area contributed by atoms with Crippen LogP contribution in [0.3, 0.4) is 0 Å². The minimum atomic E-state index is -0.463. The normalized spacial score (nSPS) is 10.2. The molecule has 0 aromatic heterocycles. The topological polar surface area (TPSA) is 46.5 Å². The third-order valence-electron chi connectivity index (χ3n) is 2.42. The van der Waals surface area contributed by atoms with Gasteiger partial charge in [0.2, 0.25) is 0 Å². The summed E-state index contributed by atoms with van der Waals surface area (Å²) in [5, 5.41) is 9.91. The SMILES string of the molecule is COC(=O)c1ccc(Sc2ccc(Br)cc2)c(O)c1. The van der Waals surface area contributed by atoms with E-state index in [1.165, 1.54) is 24.9 Å². The predicted octanol–water partition coefficient (Wildman–Crippen LogP) is 4.09. The van der Waals surface area contributed by atoms with Crippen LogP contribution in [0, 0.1) is 0 Å². The van der Waals surface area contributed by atoms with Gasteiger partial charge in [-0.25, -0.2) is 4.79 Å². The molecular formula is C14H11BrO3S. The molecule has 0 unspecified atom stereocenters. The highest BCUT2D eigenvalue weighted by Crippen LogP contribution is 2.35. The summed E-state index contributed by atoms with van der Waals surface area (Å²) in [5.41, 5.74) is 0.333. The smallest absolute Gasteiger partial charge is 0.337 e. The van der Waals surface area contributed by atoms with Gasteiger partial charge in [0.25, 0.3) is 0 Å². The van der Waals surface area contributed by atoms with Gasteiger partial charge in [-0.3, -0.25) is 0 Å². The molecule has 2 aromatic rings. The number of aromatic hydroxyl groups is 1. The molecule has 0 radical (unpaired) electrons. The molecule has 2 rings (SSSR count). The first kappa shape index (κ1) is 14.0. The molecule has 0 aliphatic rings. The van der Waals surface area contributed by atoms with Gasteiger partial charge in [0.1, 0.15) is 5.75 Å². The number of methoxy groups -OCH3 is 1. The van der Waals surface area contributed by atoms with Crippen LogP contribution in [-0.2, 0) is 4.74 Å². The second-order valence-electron chi connectivity index (χ2n) is 3.73. The molecule has 1 N–H and O–H groups in total. The van der Waals surface area contributed by atoms with Crippen molar-refractivity contribution in [2.75, 3.05) is 7.11 Å². The monoisotopic (exact) mass is 338 g/mol. The Bertz CT molecular complexity index is 596. The average Bonchev–Trinajstić information content (AvgIpc) is 2.42. The van der Waals surface area contributed by atoms with Crippen molar-refractivity contribution in [1.29, 1.82) is 0 Å². The Balaban J connectivity index is 2.22. The lowest BCUT2D eigenvalue weighted by Crippen LogP contribution is -2.00. The molecule has 0 amide bonds. The molecule has 0 bridgehead atoms. The molecule has 0 atom stereocenters. The minimum Gasteiger partial charge on any atom is -0.507 e. The third-order valence-corrected chi connectivity index (χ3v) is 4.02. The van der Waals surface area contributed by atoms with Crippen LogP contribution < -0.4 is 0 Å². The van der Waals surface area contributed by atoms with E-state index in [2.05, 4.69) is 20.7 Å². The van der Waals surface area contributed by atoms with Crippen LogP contribution in [0.4, 0.5) is 0 Å². The molecule has 0 spiro atoms. The van der Waals surface area contributed by atoms with Gasteiger partial charge in [-0.05, 0) is 42.5 Å². The number of hydrogen-bond donors (Lipinski definition) is 1. The van der Waals surface area contributed by atoms with Crippen LogP contribution in [0.2, 0.25) is 0 Å². The van der Waals surface area contributed by atoms with Crippen molar-refractivity contribution in [3.63, 3.8) is 0 Å². The second-order valence-corrected chi connectivity index (χ2v) is 5.76. The van der Waals surface area contributed by atoms with Crippen molar-refractivity contribution in [2.24, 2.45) is 0 Å². The fraction of sp³-hybridized carbons (Fsp3) is 0.0714. The van der Waals surface area contributed by atoms with E-state index in [4.69, 9.17) is 0 Å². The first-order valence-corrected chi connectivity index (χ1v) is 7.06. The number of halogens is 1. The van der Waals surface area contributed by atoms with Crippen molar-refractivity contribution in [3.8, 4) is 5.75 Å². The molecule has 0 saturated heterocycles. The zero-order valence-electron chi connectivity index (χ0n) is 10.1. The number of benzene rings is 2. The first-order valence-electron chi connectivity index (χ1n) is 5.45. The quantitative estimate of drug-likeness (QED) is 0.856. The maximum absolute atomic E-state index is 11.3. The number of phenolic OH excluding ortho intramolecular Hbond substituents is 1. The maximum Gasteiger partial charge on any atom is 0.337 e. The van der Waals surface area contributed by atoms with Crippen molar-refractivity contribution < 1.29 is 14.6 Å². The van der Waals surface area contributed by atoms with Gasteiger partial charge in [-0.1, -0.05) is 27.7 Å². The Labute approximate surface area is 123 Å². The van der Waals surface area contributed by atoms with E-state index in [0.29, 0.717) is 10.5 Å². The van der Waals surface area contributed by atoms with Crippen LogP contribution >= 0.6 is 27.7 Å². The zero-order chi connectivity index (χ0) is 13.8. The fourth-order valence-electron chi connectivity index (χ4n) is 1.48. The molecule has 0 heterocycles. The van der Waals surface area contributed by atoms with Gasteiger partial charge in [0, 0.05) is 9.37 Å². The summed E-state index contributed by atoms with van der Waals surface area (Å²) in [6, 6.07) is 12.5. The number of ether oxygens (including phenoxy) is 1. The van der Waals surface area contributed by atoms with Gasteiger partial charge in [-0.2, -0.15) is 0 Å². The van der Waals surface area contributed by atoms with Gasteiger partial charge in [0.15, 0.2) is 0 Å². The van der Waals surface area contributed by atoms with Gasteiger partial charge < -0.3 is 9.84 Å². The lowest BCUT2D eigenvalue weighted by molar-refractivity contribution is 0.0600. The number of carbonyl (C=O) groups excluding carboxylic acids is 1. The molecule has 3 nitrogen and oxygen atoms in total. The molecule has 2 aromatic carbocycles. The van der Waals surface area contributed by atoms with Crippen molar-refractivity contribution in [1.82, 2.24) is 0 Å². The summed E-state index contributed by atoms with van der Waals surface area (Å²) < 4.78 is 5.60. The van der Waals surface area contributed by atoms with E-state index < -0.39 is 5.97 Å². The highest BCUT2D eigenvalue weighted by Gasteiger charge is 2.10. The third kappa shape index (κ3) is 3.52. The van der Waals surface area contributed by atoms with E-state index in [-0.39, 0.29) is 5.75 Å². The van der Waals surface area contributed by atoms with Gasteiger partial charge in [0.05, 0.1) is 17.6 Å². The molecule has 19 heavy (non-hydrogen) atoms. The lowest BCUT2D eigenvalue weighted by Gasteiger charge is -2.06. The van der Waals surface area contributed by atoms with Crippen LogP contribution in [0.5, 0.6) is 5.75 Å². The summed E-state index contributed by atoms with van der Waals surface area (Å²) in [6.07, 6.45) is 0. The van der Waals surface area contributed by atoms with Crippen LogP contribution in [0.15, 0.2) is 56.7 Å². The fourth-order valence-corrected chi connectivity index (χ4v) is 2.57. The molecule has 98 valence electrons. The van der Waals surface area contributed by atoms with Crippen LogP contribution in [-0.4, -0.2) is 18.2 Å². The maximum atomic E-state index is 11.3. The molecule has 0 aliphatic carbocycles. The van der Waals surface area contributed by atoms with Crippen molar-refractivity contribution in [3.05, 3.63) is 52.5 Å². The molecule has 0 fully saturated rings. The van der Waals surface area contributed by atoms with Crippen molar-refractivity contribution >= 4 is 33.7 Å². The Morgan fingerprint density at radius 2 is 1.89 bits per heavy atom. The molecular weight excluding hydrogens is 328 g/mol. The largest absolute Gasteiger partial charge is 0.507 e. The highest BCUT2D eigenvalue weighted by molar-refractivity contribution is 9.10. The summed E-state index contributed by atoms with van der Waals surface area (Å²) in [4.78, 5) is 13.0. The van der Waals surface area contributed by atoms with E-state index in [1.807, 2.05) is 24.3 Å². The summed E-state index contributed by atoms with van der Waals surface area (Å²) in [7, 11) is 1.31. The Morgan fingerprint density at radius 3 is 2.47 bits per heavy atom. The minimum absolute atomic E-state index is 0.0656. The predicted molar refractivity (Wildman–Crippen MR) is 77.7 cm³/mol. The number of rotatable bonds is 3. The first-order chi connectivity index (χ1) is 9.10. The molecule has 0 saturated carbocycles. The second kappa shape index (κ2) is 6.12. The van der Waals surface area contributed by atoms with E-state index >= 15 is 0 Å². The number of phenols is 1. The highest BCUT2D eigenvalue weighted by atomic mass is 79.9. The summed E-state index contributed by atoms with van der Waals surface area (Å²) in [5.74, 6) is -0.397. The summed E-state index contributed by atoms with van der Waals surface area (Å²) >= 11 is 4.80. The van der Waals surface area contributed by atoms with E-state index in [9.17, 15) is 9.90 Å². The van der Waals surface area contributed by atoms with E-state index in [0.717, 1.165) is 9.37 Å². The summed E-state index contributed by atoms with van der Waals surface area (Å²) in [6.45, 7) is 0. The Kier molecular flexibility index (Phi) is 4.50. The van der Waals surface area contributed by atoms with Gasteiger partial charge in [-0.15, -0.1) is 0 Å². The number of esters is 1. The Hall–Kier alpha value is -1.46. The van der Waals surface area contributed by atoms with Gasteiger partial charge >= 0.3 is 5.97 Å². The van der Waals surface area contributed by atoms with Crippen molar-refractivity contribution in [2.45, 2.75) is 9.79 Å². The molecule has 5 heteroatoms. The number of carbonyl (C=O) groups is 1. The average molecular weight is 339 g/mol. The zero-order valence-corrected chi connectivity index (χ0v) is 12.5. The molecule has 0 aliphatic heterocycles.